The first-order valence-corrected chi connectivity index (χ1v) is 11.1. The largest absolute Gasteiger partial charge is 0.316 e. The number of benzene rings is 1. The number of aryl methyl sites for hydroxylation is 2. The van der Waals surface area contributed by atoms with Gasteiger partial charge in [-0.3, -0.25) is 14.3 Å². The van der Waals surface area contributed by atoms with Gasteiger partial charge in [0.1, 0.15) is 6.04 Å². The van der Waals surface area contributed by atoms with Crippen LogP contribution >= 0.6 is 11.3 Å². The number of rotatable bonds is 3. The van der Waals surface area contributed by atoms with E-state index in [1.165, 1.54) is 26.6 Å². The Hall–Kier alpha value is -3.33. The van der Waals surface area contributed by atoms with Crippen LogP contribution < -0.4 is 10.4 Å². The van der Waals surface area contributed by atoms with Crippen molar-refractivity contribution < 1.29 is 4.79 Å². The van der Waals surface area contributed by atoms with Crippen LogP contribution in [0.1, 0.15) is 30.5 Å². The molecule has 1 unspecified atom stereocenters. The lowest BCUT2D eigenvalue weighted by atomic mass is 10.00. The van der Waals surface area contributed by atoms with Crippen molar-refractivity contribution in [2.45, 2.75) is 39.3 Å². The third-order valence-electron chi connectivity index (χ3n) is 5.85. The molecule has 158 valence electrons. The van der Waals surface area contributed by atoms with Crippen molar-refractivity contribution in [2.24, 2.45) is 12.0 Å². The maximum atomic E-state index is 13.0. The van der Waals surface area contributed by atoms with Gasteiger partial charge in [0.2, 0.25) is 0 Å². The molecule has 0 N–H and O–H groups in total. The molecule has 3 heterocycles. The van der Waals surface area contributed by atoms with E-state index in [0.29, 0.717) is 16.7 Å². The van der Waals surface area contributed by atoms with Gasteiger partial charge in [-0.25, -0.2) is 4.68 Å². The van der Waals surface area contributed by atoms with E-state index >= 15 is 0 Å². The fraction of sp³-hybridized carbons (Fsp3) is 0.318. The van der Waals surface area contributed by atoms with Crippen LogP contribution in [0.4, 0.5) is 0 Å². The first-order valence-electron chi connectivity index (χ1n) is 10.3. The predicted octanol–water partition coefficient (Wildman–Crippen LogP) is 2.47. The number of carbonyl (C=O) groups is 1. The Morgan fingerprint density at radius 2 is 2.03 bits per heavy atom. The highest BCUT2D eigenvalue weighted by Crippen LogP contribution is 2.34. The zero-order valence-corrected chi connectivity index (χ0v) is 18.4. The van der Waals surface area contributed by atoms with E-state index in [2.05, 4.69) is 19.8 Å². The molecule has 5 rings (SSSR count). The van der Waals surface area contributed by atoms with Crippen LogP contribution in [0, 0.1) is 0 Å². The topological polar surface area (TPSA) is 87.1 Å². The average Bonchev–Trinajstić information content (AvgIpc) is 3.33. The van der Waals surface area contributed by atoms with E-state index in [0.717, 1.165) is 29.5 Å². The number of hydrogen-bond acceptors (Lipinski definition) is 5. The smallest absolute Gasteiger partial charge is 0.275 e. The highest BCUT2D eigenvalue weighted by Gasteiger charge is 2.26. The summed E-state index contributed by atoms with van der Waals surface area (Å²) < 4.78 is 5.20. The van der Waals surface area contributed by atoms with Gasteiger partial charge in [-0.2, -0.15) is 15.2 Å². The van der Waals surface area contributed by atoms with Gasteiger partial charge >= 0.3 is 0 Å². The van der Waals surface area contributed by atoms with Gasteiger partial charge in [0.25, 0.3) is 11.5 Å². The Kier molecular flexibility index (Phi) is 4.70. The molecular weight excluding hydrogens is 412 g/mol. The van der Waals surface area contributed by atoms with Crippen LogP contribution in [0.2, 0.25) is 0 Å². The fourth-order valence-electron chi connectivity index (χ4n) is 4.16. The minimum Gasteiger partial charge on any atom is -0.316 e. The van der Waals surface area contributed by atoms with Crippen LogP contribution in [0.3, 0.4) is 0 Å². The first-order chi connectivity index (χ1) is 15.0. The van der Waals surface area contributed by atoms with E-state index in [4.69, 9.17) is 0 Å². The number of thiazole rings is 1. The molecule has 0 saturated heterocycles. The van der Waals surface area contributed by atoms with Gasteiger partial charge in [-0.1, -0.05) is 18.2 Å². The predicted molar refractivity (Wildman–Crippen MR) is 119 cm³/mol. The van der Waals surface area contributed by atoms with Gasteiger partial charge < -0.3 is 4.57 Å². The van der Waals surface area contributed by atoms with Gasteiger partial charge in [-0.15, -0.1) is 11.3 Å². The van der Waals surface area contributed by atoms with E-state index in [-0.39, 0.29) is 5.56 Å². The summed E-state index contributed by atoms with van der Waals surface area (Å²) in [6.45, 7) is 4.40. The molecule has 0 radical (unpaired) electrons. The number of fused-ring (bicyclic) bond motifs is 4. The molecule has 0 aliphatic heterocycles. The molecule has 0 saturated carbocycles. The summed E-state index contributed by atoms with van der Waals surface area (Å²) in [5, 5.41) is 9.92. The minimum atomic E-state index is -0.796. The summed E-state index contributed by atoms with van der Waals surface area (Å²) in [6.07, 6.45) is 5.32. The summed E-state index contributed by atoms with van der Waals surface area (Å²) in [5.41, 5.74) is 3.12. The molecule has 0 bridgehead atoms. The SMILES string of the molecule is CCn1c2c(sc1=NC(=O)C(C)n1ncc3ccccc3c1=O)CCc1c-2cnn1C. The molecule has 4 aromatic rings. The molecule has 1 amide bonds. The van der Waals surface area contributed by atoms with Crippen LogP contribution in [0.15, 0.2) is 46.4 Å². The summed E-state index contributed by atoms with van der Waals surface area (Å²) in [5.74, 6) is -0.392. The monoisotopic (exact) mass is 434 g/mol. The van der Waals surface area contributed by atoms with E-state index in [9.17, 15) is 9.59 Å². The lowest BCUT2D eigenvalue weighted by Crippen LogP contribution is -2.30. The summed E-state index contributed by atoms with van der Waals surface area (Å²) in [4.78, 5) is 32.2. The van der Waals surface area contributed by atoms with E-state index in [1.807, 2.05) is 37.0 Å². The molecule has 0 fully saturated rings. The molecule has 9 heteroatoms. The number of aromatic nitrogens is 5. The minimum absolute atomic E-state index is 0.289. The van der Waals surface area contributed by atoms with Crippen molar-refractivity contribution in [2.75, 3.05) is 0 Å². The fourth-order valence-corrected chi connectivity index (χ4v) is 5.37. The molecule has 8 nitrogen and oxygen atoms in total. The molecule has 3 aromatic heterocycles. The molecule has 1 aliphatic rings. The highest BCUT2D eigenvalue weighted by atomic mass is 32.1. The van der Waals surface area contributed by atoms with Crippen molar-refractivity contribution in [3.63, 3.8) is 0 Å². The summed E-state index contributed by atoms with van der Waals surface area (Å²) in [7, 11) is 1.96. The van der Waals surface area contributed by atoms with E-state index in [1.54, 1.807) is 25.3 Å². The van der Waals surface area contributed by atoms with Gasteiger partial charge in [0, 0.05) is 35.1 Å². The number of amides is 1. The zero-order valence-electron chi connectivity index (χ0n) is 17.6. The summed E-state index contributed by atoms with van der Waals surface area (Å²) >= 11 is 1.54. The van der Waals surface area contributed by atoms with Gasteiger partial charge in [-0.05, 0) is 32.8 Å². The maximum absolute atomic E-state index is 13.0. The molecule has 1 atom stereocenters. The van der Waals surface area contributed by atoms with Crippen molar-refractivity contribution in [1.82, 2.24) is 24.1 Å². The number of hydrogen-bond donors (Lipinski definition) is 0. The van der Waals surface area contributed by atoms with Crippen molar-refractivity contribution in [1.29, 1.82) is 0 Å². The average molecular weight is 435 g/mol. The number of carbonyl (C=O) groups excluding carboxylic acids is 1. The lowest BCUT2D eigenvalue weighted by Gasteiger charge is -2.15. The third kappa shape index (κ3) is 3.07. The van der Waals surface area contributed by atoms with Crippen molar-refractivity contribution in [3.8, 4) is 11.3 Å². The summed E-state index contributed by atoms with van der Waals surface area (Å²) in [6, 6.07) is 6.44. The molecule has 1 aliphatic carbocycles. The Balaban J connectivity index is 1.58. The Morgan fingerprint density at radius 3 is 2.84 bits per heavy atom. The Morgan fingerprint density at radius 1 is 1.23 bits per heavy atom. The Bertz CT molecular complexity index is 1450. The van der Waals surface area contributed by atoms with E-state index < -0.39 is 11.9 Å². The van der Waals surface area contributed by atoms with Crippen LogP contribution in [0.5, 0.6) is 0 Å². The Labute approximate surface area is 182 Å². The molecule has 31 heavy (non-hydrogen) atoms. The van der Waals surface area contributed by atoms with Crippen LogP contribution in [-0.2, 0) is 31.2 Å². The normalized spacial score (nSPS) is 14.5. The molecule has 1 aromatic carbocycles. The second kappa shape index (κ2) is 7.42. The third-order valence-corrected chi connectivity index (χ3v) is 6.99. The van der Waals surface area contributed by atoms with Gasteiger partial charge in [0.15, 0.2) is 4.80 Å². The molecular formula is C22H22N6O2S. The maximum Gasteiger partial charge on any atom is 0.275 e. The van der Waals surface area contributed by atoms with Crippen LogP contribution in [-0.4, -0.2) is 30.0 Å². The highest BCUT2D eigenvalue weighted by molar-refractivity contribution is 7.09. The first kappa shape index (κ1) is 19.6. The second-order valence-electron chi connectivity index (χ2n) is 7.64. The standard InChI is InChI=1S/C22H22N6O2S/c1-4-27-19-16-12-23-26(3)17(16)9-10-18(19)31-22(27)25-20(29)13(2)28-21(30)15-8-6-5-7-14(15)11-24-28/h5-8,11-13H,4,9-10H2,1-3H3. The zero-order chi connectivity index (χ0) is 21.7. The molecule has 0 spiro atoms. The number of nitrogens with zero attached hydrogens (tertiary/aromatic N) is 6. The van der Waals surface area contributed by atoms with Crippen molar-refractivity contribution >= 4 is 28.0 Å². The quantitative estimate of drug-likeness (QED) is 0.496. The van der Waals surface area contributed by atoms with Gasteiger partial charge in [0.05, 0.1) is 23.5 Å². The van der Waals surface area contributed by atoms with Crippen LogP contribution in [0.25, 0.3) is 22.0 Å². The second-order valence-corrected chi connectivity index (χ2v) is 8.70. The lowest BCUT2D eigenvalue weighted by molar-refractivity contribution is -0.121. The van der Waals surface area contributed by atoms with Crippen molar-refractivity contribution in [3.05, 3.63) is 62.4 Å².